The molecule has 1 N–H and O–H groups in total. The van der Waals surface area contributed by atoms with Crippen LogP contribution < -0.4 is 10.1 Å². The molecule has 0 saturated carbocycles. The molecule has 1 aliphatic rings. The number of hydrogen-bond acceptors (Lipinski definition) is 3. The van der Waals surface area contributed by atoms with Crippen molar-refractivity contribution in [1.29, 1.82) is 0 Å². The molecule has 0 aliphatic carbocycles. The summed E-state index contributed by atoms with van der Waals surface area (Å²) in [6.07, 6.45) is -2.27. The monoisotopic (exact) mass is 365 g/mol. The molecule has 138 valence electrons. The Kier molecular flexibility index (Phi) is 5.46. The number of rotatable bonds is 5. The van der Waals surface area contributed by atoms with Gasteiger partial charge in [-0.05, 0) is 61.4 Å². The van der Waals surface area contributed by atoms with Crippen molar-refractivity contribution >= 4 is 11.6 Å². The number of alkyl halides is 3. The van der Waals surface area contributed by atoms with E-state index in [1.807, 2.05) is 0 Å². The zero-order chi connectivity index (χ0) is 18.6. The van der Waals surface area contributed by atoms with E-state index in [1.165, 1.54) is 12.1 Å². The van der Waals surface area contributed by atoms with Crippen molar-refractivity contribution in [2.45, 2.75) is 25.1 Å². The van der Waals surface area contributed by atoms with Gasteiger partial charge in [0.2, 0.25) is 0 Å². The summed E-state index contributed by atoms with van der Waals surface area (Å²) in [6.45, 7) is 1.23. The van der Waals surface area contributed by atoms with Crippen molar-refractivity contribution in [2.24, 2.45) is 0 Å². The lowest BCUT2D eigenvalue weighted by Gasteiger charge is -2.12. The average molecular weight is 365 g/mol. The minimum absolute atomic E-state index is 0.109. The molecule has 0 aromatic heterocycles. The molecule has 1 heterocycles. The third kappa shape index (κ3) is 4.76. The average Bonchev–Trinajstić information content (AvgIpc) is 3.13. The van der Waals surface area contributed by atoms with Crippen LogP contribution in [0.3, 0.4) is 0 Å². The van der Waals surface area contributed by atoms with Crippen LogP contribution in [0.5, 0.6) is 5.75 Å². The second-order valence-electron chi connectivity index (χ2n) is 6.00. The molecule has 1 saturated heterocycles. The molecule has 26 heavy (non-hydrogen) atoms. The van der Waals surface area contributed by atoms with Crippen LogP contribution >= 0.6 is 0 Å². The first-order chi connectivity index (χ1) is 12.4. The van der Waals surface area contributed by atoms with Crippen molar-refractivity contribution in [3.05, 3.63) is 59.7 Å². The van der Waals surface area contributed by atoms with E-state index in [0.29, 0.717) is 23.6 Å². The third-order valence-corrected chi connectivity index (χ3v) is 4.05. The van der Waals surface area contributed by atoms with Crippen molar-refractivity contribution in [1.82, 2.24) is 0 Å². The molecule has 3 rings (SSSR count). The van der Waals surface area contributed by atoms with Crippen molar-refractivity contribution < 1.29 is 27.4 Å². The first-order valence-corrected chi connectivity index (χ1v) is 8.25. The molecule has 1 aliphatic heterocycles. The quantitative estimate of drug-likeness (QED) is 0.848. The summed E-state index contributed by atoms with van der Waals surface area (Å²) in [5.74, 6) is 0.224. The maximum absolute atomic E-state index is 12.5. The van der Waals surface area contributed by atoms with Gasteiger partial charge < -0.3 is 14.8 Å². The maximum Gasteiger partial charge on any atom is 0.416 e. The molecule has 4 nitrogen and oxygen atoms in total. The number of nitrogens with one attached hydrogen (secondary N) is 1. The van der Waals surface area contributed by atoms with E-state index in [9.17, 15) is 18.0 Å². The highest BCUT2D eigenvalue weighted by atomic mass is 19.4. The summed E-state index contributed by atoms with van der Waals surface area (Å²) < 4.78 is 48.7. The molecule has 2 aromatic carbocycles. The lowest BCUT2D eigenvalue weighted by Crippen LogP contribution is -2.16. The van der Waals surface area contributed by atoms with Gasteiger partial charge >= 0.3 is 6.18 Å². The van der Waals surface area contributed by atoms with Crippen LogP contribution in [0.15, 0.2) is 48.5 Å². The second kappa shape index (κ2) is 7.78. The fourth-order valence-electron chi connectivity index (χ4n) is 2.61. The van der Waals surface area contributed by atoms with Crippen molar-refractivity contribution in [3.8, 4) is 5.75 Å². The summed E-state index contributed by atoms with van der Waals surface area (Å²) >= 11 is 0. The smallest absolute Gasteiger partial charge is 0.416 e. The number of ether oxygens (including phenoxy) is 2. The Labute approximate surface area is 148 Å². The first kappa shape index (κ1) is 18.3. The Bertz CT molecular complexity index is 736. The highest BCUT2D eigenvalue weighted by molar-refractivity contribution is 6.04. The minimum Gasteiger partial charge on any atom is -0.491 e. The van der Waals surface area contributed by atoms with Crippen LogP contribution in [0.2, 0.25) is 0 Å². The van der Waals surface area contributed by atoms with Crippen molar-refractivity contribution in [2.75, 3.05) is 18.5 Å². The first-order valence-electron chi connectivity index (χ1n) is 8.25. The minimum atomic E-state index is -4.40. The molecular formula is C19H18F3NO3. The van der Waals surface area contributed by atoms with E-state index < -0.39 is 17.6 Å². The Morgan fingerprint density at radius 3 is 2.38 bits per heavy atom. The van der Waals surface area contributed by atoms with Crippen LogP contribution in [0, 0.1) is 0 Å². The van der Waals surface area contributed by atoms with E-state index in [1.54, 1.807) is 24.3 Å². The lowest BCUT2D eigenvalue weighted by molar-refractivity contribution is -0.137. The number of anilines is 1. The van der Waals surface area contributed by atoms with E-state index >= 15 is 0 Å². The van der Waals surface area contributed by atoms with Gasteiger partial charge in [0.25, 0.3) is 5.91 Å². The van der Waals surface area contributed by atoms with Gasteiger partial charge in [-0.2, -0.15) is 13.2 Å². The van der Waals surface area contributed by atoms with Gasteiger partial charge in [0, 0.05) is 17.9 Å². The van der Waals surface area contributed by atoms with Gasteiger partial charge in [-0.1, -0.05) is 0 Å². The summed E-state index contributed by atoms with van der Waals surface area (Å²) in [5, 5.41) is 2.57. The van der Waals surface area contributed by atoms with Gasteiger partial charge in [-0.3, -0.25) is 4.79 Å². The van der Waals surface area contributed by atoms with E-state index in [0.717, 1.165) is 31.6 Å². The molecular weight excluding hydrogens is 347 g/mol. The van der Waals surface area contributed by atoms with Gasteiger partial charge in [-0.25, -0.2) is 0 Å². The van der Waals surface area contributed by atoms with E-state index in [4.69, 9.17) is 9.47 Å². The summed E-state index contributed by atoms with van der Waals surface area (Å²) in [5.41, 5.74) is -0.0840. The van der Waals surface area contributed by atoms with Gasteiger partial charge in [0.1, 0.15) is 12.4 Å². The number of amides is 1. The fraction of sp³-hybridized carbons (Fsp3) is 0.316. The van der Waals surface area contributed by atoms with Gasteiger partial charge in [0.05, 0.1) is 11.7 Å². The SMILES string of the molecule is O=C(Nc1ccc(C(F)(F)F)cc1)c1ccc(OC[C@H]2CCCO2)cc1. The van der Waals surface area contributed by atoms with E-state index in [2.05, 4.69) is 5.32 Å². The normalized spacial score (nSPS) is 17.1. The summed E-state index contributed by atoms with van der Waals surface area (Å²) in [4.78, 5) is 12.2. The number of carbonyl (C=O) groups is 1. The standard InChI is InChI=1S/C19H18F3NO3/c20-19(21,22)14-5-7-15(8-6-14)23-18(24)13-3-9-16(10-4-13)26-12-17-2-1-11-25-17/h3-10,17H,1-2,11-12H2,(H,23,24)/t17-/m1/s1. The predicted molar refractivity (Wildman–Crippen MR) is 90.3 cm³/mol. The highest BCUT2D eigenvalue weighted by Gasteiger charge is 2.30. The molecule has 0 radical (unpaired) electrons. The van der Waals surface area contributed by atoms with Crippen LogP contribution in [-0.4, -0.2) is 25.2 Å². The van der Waals surface area contributed by atoms with Crippen LogP contribution in [0.1, 0.15) is 28.8 Å². The highest BCUT2D eigenvalue weighted by Crippen LogP contribution is 2.29. The Hall–Kier alpha value is -2.54. The van der Waals surface area contributed by atoms with Gasteiger partial charge in [0.15, 0.2) is 0 Å². The van der Waals surface area contributed by atoms with Gasteiger partial charge in [-0.15, -0.1) is 0 Å². The number of hydrogen-bond donors (Lipinski definition) is 1. The number of benzene rings is 2. The second-order valence-corrected chi connectivity index (χ2v) is 6.00. The molecule has 0 spiro atoms. The molecule has 2 aromatic rings. The van der Waals surface area contributed by atoms with Crippen molar-refractivity contribution in [3.63, 3.8) is 0 Å². The topological polar surface area (TPSA) is 47.6 Å². The lowest BCUT2D eigenvalue weighted by atomic mass is 10.1. The van der Waals surface area contributed by atoms with Crippen LogP contribution in [0.4, 0.5) is 18.9 Å². The summed E-state index contributed by atoms with van der Waals surface area (Å²) in [7, 11) is 0. The number of halogens is 3. The molecule has 1 fully saturated rings. The molecule has 7 heteroatoms. The Balaban J connectivity index is 1.55. The molecule has 0 unspecified atom stereocenters. The summed E-state index contributed by atoms with van der Waals surface area (Å²) in [6, 6.07) is 10.9. The molecule has 0 bridgehead atoms. The maximum atomic E-state index is 12.5. The molecule has 1 atom stereocenters. The number of carbonyl (C=O) groups excluding carboxylic acids is 1. The van der Waals surface area contributed by atoms with Crippen LogP contribution in [-0.2, 0) is 10.9 Å². The Morgan fingerprint density at radius 2 is 1.81 bits per heavy atom. The Morgan fingerprint density at radius 1 is 1.12 bits per heavy atom. The van der Waals surface area contributed by atoms with Crippen LogP contribution in [0.25, 0.3) is 0 Å². The van der Waals surface area contributed by atoms with E-state index in [-0.39, 0.29) is 6.10 Å². The largest absolute Gasteiger partial charge is 0.491 e. The zero-order valence-electron chi connectivity index (χ0n) is 13.9. The predicted octanol–water partition coefficient (Wildman–Crippen LogP) is 4.52. The zero-order valence-corrected chi connectivity index (χ0v) is 13.9. The fourth-order valence-corrected chi connectivity index (χ4v) is 2.61. The molecule has 1 amide bonds. The third-order valence-electron chi connectivity index (χ3n) is 4.05.